The molecule has 1 aromatic carbocycles. The Balaban J connectivity index is 1.47. The van der Waals surface area contributed by atoms with Crippen molar-refractivity contribution in [2.75, 3.05) is 5.32 Å². The highest BCUT2D eigenvalue weighted by molar-refractivity contribution is 5.95. The second kappa shape index (κ2) is 8.53. The van der Waals surface area contributed by atoms with Crippen molar-refractivity contribution in [1.82, 2.24) is 25.1 Å². The molecule has 9 heteroatoms. The van der Waals surface area contributed by atoms with Gasteiger partial charge in [0.05, 0.1) is 34.8 Å². The van der Waals surface area contributed by atoms with Gasteiger partial charge in [-0.05, 0) is 44.2 Å². The molecule has 180 valence electrons. The van der Waals surface area contributed by atoms with Gasteiger partial charge in [0.2, 0.25) is 0 Å². The molecular weight excluding hydrogens is 457 g/mol. The summed E-state index contributed by atoms with van der Waals surface area (Å²) in [7, 11) is 0. The number of nitrogens with one attached hydrogen (secondary N) is 3. The molecule has 4 aromatic heterocycles. The van der Waals surface area contributed by atoms with Crippen molar-refractivity contribution >= 4 is 22.2 Å². The summed E-state index contributed by atoms with van der Waals surface area (Å²) in [6.45, 7) is 4.08. The summed E-state index contributed by atoms with van der Waals surface area (Å²) in [4.78, 5) is 12.5. The summed E-state index contributed by atoms with van der Waals surface area (Å²) in [5.41, 5.74) is 13.1. The number of H-pyrrole nitrogens is 2. The van der Waals surface area contributed by atoms with Crippen LogP contribution in [0.15, 0.2) is 71.5 Å². The average Bonchev–Trinajstić information content (AvgIpc) is 3.59. The molecule has 6 rings (SSSR count). The topological polar surface area (TPSA) is 121 Å². The second-order valence-corrected chi connectivity index (χ2v) is 9.11. The highest BCUT2D eigenvalue weighted by atomic mass is 19.1. The molecule has 4 heterocycles. The number of aromatic nitrogens is 5. The van der Waals surface area contributed by atoms with Crippen molar-refractivity contribution in [2.24, 2.45) is 5.73 Å². The molecule has 0 saturated heterocycles. The van der Waals surface area contributed by atoms with Crippen LogP contribution >= 0.6 is 0 Å². The van der Waals surface area contributed by atoms with Crippen LogP contribution in [0, 0.1) is 5.82 Å². The van der Waals surface area contributed by atoms with Gasteiger partial charge in [-0.2, -0.15) is 5.10 Å². The van der Waals surface area contributed by atoms with Gasteiger partial charge in [0.15, 0.2) is 5.82 Å². The van der Waals surface area contributed by atoms with Crippen LogP contribution < -0.4 is 11.1 Å². The number of nitrogens with zero attached hydrogens (tertiary/aromatic N) is 3. The molecule has 5 N–H and O–H groups in total. The van der Waals surface area contributed by atoms with Crippen LogP contribution in [0.25, 0.3) is 39.1 Å². The number of nitrogens with two attached hydrogens (primary N) is 1. The third kappa shape index (κ3) is 3.74. The van der Waals surface area contributed by atoms with E-state index in [1.54, 1.807) is 31.0 Å². The Morgan fingerprint density at radius 1 is 1.11 bits per heavy atom. The smallest absolute Gasteiger partial charge is 0.159 e. The lowest BCUT2D eigenvalue weighted by Crippen LogP contribution is -2.09. The van der Waals surface area contributed by atoms with Crippen LogP contribution in [0.2, 0.25) is 0 Å². The van der Waals surface area contributed by atoms with Crippen LogP contribution in [-0.2, 0) is 6.42 Å². The van der Waals surface area contributed by atoms with E-state index in [0.29, 0.717) is 45.7 Å². The highest BCUT2D eigenvalue weighted by Gasteiger charge is 2.24. The van der Waals surface area contributed by atoms with Gasteiger partial charge in [-0.3, -0.25) is 10.1 Å². The quantitative estimate of drug-likeness (QED) is 0.267. The second-order valence-electron chi connectivity index (χ2n) is 9.11. The Labute approximate surface area is 206 Å². The molecule has 0 fully saturated rings. The number of rotatable bonds is 5. The van der Waals surface area contributed by atoms with Crippen LogP contribution in [0.1, 0.15) is 30.8 Å². The lowest BCUT2D eigenvalue weighted by molar-refractivity contribution is 0.566. The number of pyridine rings is 1. The van der Waals surface area contributed by atoms with E-state index < -0.39 is 5.82 Å². The maximum atomic E-state index is 16.0. The first-order chi connectivity index (χ1) is 17.5. The van der Waals surface area contributed by atoms with E-state index >= 15 is 4.39 Å². The number of allylic oxidation sites excluding steroid dienone is 3. The van der Waals surface area contributed by atoms with E-state index in [1.807, 2.05) is 44.2 Å². The zero-order valence-corrected chi connectivity index (χ0v) is 19.8. The summed E-state index contributed by atoms with van der Waals surface area (Å²) in [6.07, 6.45) is 10.9. The van der Waals surface area contributed by atoms with E-state index in [9.17, 15) is 0 Å². The molecule has 0 spiro atoms. The average molecular weight is 482 g/mol. The van der Waals surface area contributed by atoms with E-state index in [4.69, 9.17) is 15.1 Å². The minimum Gasteiger partial charge on any atom is -0.472 e. The Morgan fingerprint density at radius 2 is 2.00 bits per heavy atom. The molecule has 36 heavy (non-hydrogen) atoms. The van der Waals surface area contributed by atoms with E-state index in [2.05, 4.69) is 25.5 Å². The minimum atomic E-state index is -0.392. The number of benzene rings is 1. The summed E-state index contributed by atoms with van der Waals surface area (Å²) in [5, 5.41) is 11.0. The molecule has 5 aromatic rings. The summed E-state index contributed by atoms with van der Waals surface area (Å²) in [6, 6.07) is 7.54. The molecule has 8 nitrogen and oxygen atoms in total. The largest absolute Gasteiger partial charge is 0.472 e. The van der Waals surface area contributed by atoms with Crippen LogP contribution in [0.5, 0.6) is 0 Å². The predicted octanol–water partition coefficient (Wildman–Crippen LogP) is 5.40. The molecule has 0 bridgehead atoms. The molecular formula is C27H24FN7O. The zero-order valence-electron chi connectivity index (χ0n) is 19.8. The van der Waals surface area contributed by atoms with Crippen LogP contribution in [-0.4, -0.2) is 31.2 Å². The number of imidazole rings is 1. The molecule has 1 aliphatic rings. The number of fused-ring (bicyclic) bond motifs is 2. The number of hydrogen-bond donors (Lipinski definition) is 4. The molecule has 0 atom stereocenters. The third-order valence-electron chi connectivity index (χ3n) is 6.11. The van der Waals surface area contributed by atoms with Crippen molar-refractivity contribution in [1.29, 1.82) is 0 Å². The Hall–Kier alpha value is -4.66. The zero-order chi connectivity index (χ0) is 24.8. The van der Waals surface area contributed by atoms with Crippen molar-refractivity contribution in [3.63, 3.8) is 0 Å². The van der Waals surface area contributed by atoms with Gasteiger partial charge >= 0.3 is 0 Å². The first-order valence-electron chi connectivity index (χ1n) is 11.6. The summed E-state index contributed by atoms with van der Waals surface area (Å²) >= 11 is 0. The normalized spacial score (nSPS) is 13.4. The SMILES string of the molecule is CC(C)Nc1cncc(-c2ccc3[nH]nc(-c4nc5c([nH]4)CC(N)=CC=C5c4ccoc4)c3c2F)c1. The van der Waals surface area contributed by atoms with Crippen LogP contribution in [0.4, 0.5) is 10.1 Å². The Morgan fingerprint density at radius 3 is 2.81 bits per heavy atom. The third-order valence-corrected chi connectivity index (χ3v) is 6.11. The van der Waals surface area contributed by atoms with Gasteiger partial charge in [0, 0.05) is 58.5 Å². The van der Waals surface area contributed by atoms with Crippen molar-refractivity contribution in [3.8, 4) is 22.6 Å². The minimum absolute atomic E-state index is 0.230. The Bertz CT molecular complexity index is 1640. The monoisotopic (exact) mass is 481 g/mol. The first kappa shape index (κ1) is 21.8. The number of halogens is 1. The van der Waals surface area contributed by atoms with Gasteiger partial charge in [-0.15, -0.1) is 0 Å². The first-order valence-corrected chi connectivity index (χ1v) is 11.6. The molecule has 0 saturated carbocycles. The van der Waals surface area contributed by atoms with Gasteiger partial charge < -0.3 is 20.5 Å². The van der Waals surface area contributed by atoms with Crippen molar-refractivity contribution < 1.29 is 8.81 Å². The fourth-order valence-electron chi connectivity index (χ4n) is 4.52. The molecule has 1 aliphatic carbocycles. The fraction of sp³-hybridized carbons (Fsp3) is 0.148. The lowest BCUT2D eigenvalue weighted by atomic mass is 10.0. The maximum Gasteiger partial charge on any atom is 0.159 e. The predicted molar refractivity (Wildman–Crippen MR) is 137 cm³/mol. The maximum absolute atomic E-state index is 16.0. The van der Waals surface area contributed by atoms with Gasteiger partial charge in [0.25, 0.3) is 0 Å². The van der Waals surface area contributed by atoms with E-state index in [0.717, 1.165) is 28.2 Å². The summed E-state index contributed by atoms with van der Waals surface area (Å²) < 4.78 is 21.3. The standard InChI is InChI=1S/C27H24FN7O/c1-14(2)31-18-9-16(11-30-12-18)19-5-6-21-23(24(19)28)26(35-34-21)27-32-22-10-17(29)3-4-20(25(22)33-27)15-7-8-36-13-15/h3-9,11-14,31H,10,29H2,1-2H3,(H,32,33)(H,34,35). The fourth-order valence-corrected chi connectivity index (χ4v) is 4.52. The van der Waals surface area contributed by atoms with Crippen molar-refractivity contribution in [2.45, 2.75) is 26.3 Å². The number of anilines is 1. The molecule has 0 aliphatic heterocycles. The number of aromatic amines is 2. The Kier molecular flexibility index (Phi) is 5.18. The van der Waals surface area contributed by atoms with Gasteiger partial charge in [-0.25, -0.2) is 9.37 Å². The molecule has 0 unspecified atom stereocenters. The summed E-state index contributed by atoms with van der Waals surface area (Å²) in [5.74, 6) is 0.0658. The number of furan rings is 1. The molecule has 0 radical (unpaired) electrons. The molecule has 0 amide bonds. The van der Waals surface area contributed by atoms with Crippen LogP contribution in [0.3, 0.4) is 0 Å². The lowest BCUT2D eigenvalue weighted by Gasteiger charge is -2.11. The van der Waals surface area contributed by atoms with Gasteiger partial charge in [0.1, 0.15) is 11.5 Å². The number of hydrogen-bond acceptors (Lipinski definition) is 6. The van der Waals surface area contributed by atoms with Crippen molar-refractivity contribution in [3.05, 3.63) is 89.8 Å². The van der Waals surface area contributed by atoms with E-state index in [-0.39, 0.29) is 6.04 Å². The van der Waals surface area contributed by atoms with E-state index in [1.165, 1.54) is 0 Å². The highest BCUT2D eigenvalue weighted by Crippen LogP contribution is 2.36. The van der Waals surface area contributed by atoms with Gasteiger partial charge in [-0.1, -0.05) is 6.08 Å².